The van der Waals surface area contributed by atoms with Crippen molar-refractivity contribution in [2.45, 2.75) is 25.3 Å². The van der Waals surface area contributed by atoms with E-state index in [1.807, 2.05) is 0 Å². The first-order valence-electron chi connectivity index (χ1n) is 6.83. The minimum atomic E-state index is -3.01. The molecule has 0 radical (unpaired) electrons. The summed E-state index contributed by atoms with van der Waals surface area (Å²) in [7, 11) is -3.01. The van der Waals surface area contributed by atoms with Gasteiger partial charge in [-0.2, -0.15) is 0 Å². The molecule has 1 heterocycles. The van der Waals surface area contributed by atoms with Gasteiger partial charge < -0.3 is 15.3 Å². The molecule has 1 atom stereocenters. The molecular formula is C12H22N2O4S. The van der Waals surface area contributed by atoms with Gasteiger partial charge in [0.25, 0.3) is 0 Å². The molecule has 0 aromatic heterocycles. The number of hydrogen-bond acceptors (Lipinski definition) is 5. The number of aliphatic hydroxyl groups excluding tert-OH is 1. The lowest BCUT2D eigenvalue weighted by atomic mass is 10.2. The molecule has 0 bridgehead atoms. The fourth-order valence-corrected chi connectivity index (χ4v) is 4.18. The van der Waals surface area contributed by atoms with Crippen LogP contribution in [0.2, 0.25) is 0 Å². The van der Waals surface area contributed by atoms with Gasteiger partial charge in [-0.05, 0) is 31.7 Å². The number of rotatable bonds is 7. The molecule has 0 spiro atoms. The van der Waals surface area contributed by atoms with Crippen molar-refractivity contribution in [1.82, 2.24) is 10.2 Å². The summed E-state index contributed by atoms with van der Waals surface area (Å²) in [6.45, 7) is 1.16. The van der Waals surface area contributed by atoms with Gasteiger partial charge in [0.1, 0.15) is 0 Å². The van der Waals surface area contributed by atoms with E-state index in [0.717, 1.165) is 6.54 Å². The second kappa shape index (κ2) is 6.19. The van der Waals surface area contributed by atoms with E-state index in [9.17, 15) is 13.2 Å². The van der Waals surface area contributed by atoms with Crippen molar-refractivity contribution in [3.8, 4) is 0 Å². The highest BCUT2D eigenvalue weighted by molar-refractivity contribution is 7.91. The zero-order valence-electron chi connectivity index (χ0n) is 11.0. The summed E-state index contributed by atoms with van der Waals surface area (Å²) in [5.74, 6) is 0.756. The van der Waals surface area contributed by atoms with Crippen molar-refractivity contribution >= 4 is 15.7 Å². The van der Waals surface area contributed by atoms with E-state index in [-0.39, 0.29) is 43.2 Å². The monoisotopic (exact) mass is 290 g/mol. The maximum Gasteiger partial charge on any atom is 0.236 e. The Morgan fingerprint density at radius 2 is 2.05 bits per heavy atom. The van der Waals surface area contributed by atoms with E-state index in [1.165, 1.54) is 17.7 Å². The van der Waals surface area contributed by atoms with E-state index >= 15 is 0 Å². The molecule has 0 aromatic carbocycles. The van der Waals surface area contributed by atoms with Crippen LogP contribution in [0.1, 0.15) is 19.3 Å². The molecule has 0 aromatic rings. The Morgan fingerprint density at radius 3 is 2.58 bits per heavy atom. The molecule has 2 aliphatic rings. The van der Waals surface area contributed by atoms with Crippen LogP contribution in [0, 0.1) is 5.92 Å². The van der Waals surface area contributed by atoms with E-state index < -0.39 is 9.84 Å². The number of sulfone groups is 1. The third-order valence-electron chi connectivity index (χ3n) is 3.72. The number of carbonyl (C=O) groups excluding carboxylic acids is 1. The molecule has 2 fully saturated rings. The van der Waals surface area contributed by atoms with E-state index in [0.29, 0.717) is 12.3 Å². The van der Waals surface area contributed by atoms with Crippen LogP contribution < -0.4 is 5.32 Å². The van der Waals surface area contributed by atoms with Gasteiger partial charge in [0.05, 0.1) is 24.7 Å². The van der Waals surface area contributed by atoms with Crippen LogP contribution in [-0.4, -0.2) is 68.1 Å². The van der Waals surface area contributed by atoms with Gasteiger partial charge >= 0.3 is 0 Å². The SMILES string of the molecule is O=C(CNCC1CC1)N(CCO)C1CCS(=O)(=O)C1. The number of carbonyl (C=O) groups is 1. The Balaban J connectivity index is 1.84. The van der Waals surface area contributed by atoms with Crippen LogP contribution in [0.5, 0.6) is 0 Å². The first-order valence-corrected chi connectivity index (χ1v) is 8.65. The van der Waals surface area contributed by atoms with Crippen molar-refractivity contribution in [3.05, 3.63) is 0 Å². The minimum absolute atomic E-state index is 0.0291. The summed E-state index contributed by atoms with van der Waals surface area (Å²) in [5, 5.41) is 12.1. The lowest BCUT2D eigenvalue weighted by Gasteiger charge is -2.27. The Labute approximate surface area is 114 Å². The Kier molecular flexibility index (Phi) is 4.81. The number of amides is 1. The van der Waals surface area contributed by atoms with Crippen molar-refractivity contribution in [3.63, 3.8) is 0 Å². The van der Waals surface area contributed by atoms with Gasteiger partial charge in [-0.25, -0.2) is 8.42 Å². The number of aliphatic hydroxyl groups is 1. The average Bonchev–Trinajstić information content (AvgIpc) is 3.09. The summed E-state index contributed by atoms with van der Waals surface area (Å²) < 4.78 is 22.9. The molecule has 110 valence electrons. The van der Waals surface area contributed by atoms with E-state index in [2.05, 4.69) is 5.32 Å². The third kappa shape index (κ3) is 4.43. The van der Waals surface area contributed by atoms with Crippen LogP contribution in [-0.2, 0) is 14.6 Å². The molecular weight excluding hydrogens is 268 g/mol. The second-order valence-electron chi connectivity index (χ2n) is 5.44. The molecule has 2 rings (SSSR count). The van der Waals surface area contributed by atoms with Crippen LogP contribution in [0.4, 0.5) is 0 Å². The van der Waals surface area contributed by atoms with Gasteiger partial charge in [0.2, 0.25) is 5.91 Å². The molecule has 1 aliphatic carbocycles. The molecule has 1 unspecified atom stereocenters. The smallest absolute Gasteiger partial charge is 0.236 e. The highest BCUT2D eigenvalue weighted by Crippen LogP contribution is 2.27. The zero-order chi connectivity index (χ0) is 13.9. The van der Waals surface area contributed by atoms with Crippen molar-refractivity contribution in [1.29, 1.82) is 0 Å². The summed E-state index contributed by atoms with van der Waals surface area (Å²) in [5.41, 5.74) is 0. The fourth-order valence-electron chi connectivity index (χ4n) is 2.45. The van der Waals surface area contributed by atoms with Gasteiger partial charge in [-0.15, -0.1) is 0 Å². The zero-order valence-corrected chi connectivity index (χ0v) is 11.9. The van der Waals surface area contributed by atoms with Crippen molar-refractivity contribution in [2.75, 3.05) is 37.7 Å². The first kappa shape index (κ1) is 14.7. The lowest BCUT2D eigenvalue weighted by Crippen LogP contribution is -2.46. The van der Waals surface area contributed by atoms with Gasteiger partial charge in [-0.3, -0.25) is 4.79 Å². The van der Waals surface area contributed by atoms with Gasteiger partial charge in [0.15, 0.2) is 9.84 Å². The van der Waals surface area contributed by atoms with Crippen molar-refractivity contribution in [2.24, 2.45) is 5.92 Å². The summed E-state index contributed by atoms with van der Waals surface area (Å²) >= 11 is 0. The molecule has 2 N–H and O–H groups in total. The van der Waals surface area contributed by atoms with Crippen LogP contribution in [0.3, 0.4) is 0 Å². The van der Waals surface area contributed by atoms with E-state index in [4.69, 9.17) is 5.11 Å². The summed E-state index contributed by atoms with van der Waals surface area (Å²) in [4.78, 5) is 13.6. The fraction of sp³-hybridized carbons (Fsp3) is 0.917. The summed E-state index contributed by atoms with van der Waals surface area (Å²) in [6.07, 6.45) is 2.93. The van der Waals surface area contributed by atoms with Gasteiger partial charge in [-0.1, -0.05) is 0 Å². The topological polar surface area (TPSA) is 86.7 Å². The quantitative estimate of drug-likeness (QED) is 0.628. The highest BCUT2D eigenvalue weighted by atomic mass is 32.2. The molecule has 1 saturated heterocycles. The first-order chi connectivity index (χ1) is 9.02. The molecule has 19 heavy (non-hydrogen) atoms. The van der Waals surface area contributed by atoms with Crippen LogP contribution in [0.25, 0.3) is 0 Å². The number of hydrogen-bond donors (Lipinski definition) is 2. The highest BCUT2D eigenvalue weighted by Gasteiger charge is 2.34. The molecule has 1 aliphatic heterocycles. The molecule has 1 saturated carbocycles. The Hall–Kier alpha value is -0.660. The second-order valence-corrected chi connectivity index (χ2v) is 7.67. The van der Waals surface area contributed by atoms with Crippen molar-refractivity contribution < 1.29 is 18.3 Å². The van der Waals surface area contributed by atoms with Gasteiger partial charge in [0, 0.05) is 12.6 Å². The predicted molar refractivity (Wildman–Crippen MR) is 71.5 cm³/mol. The number of nitrogens with one attached hydrogen (secondary N) is 1. The predicted octanol–water partition coefficient (Wildman–Crippen LogP) is -1.01. The standard InChI is InChI=1S/C12H22N2O4S/c15-5-4-14(11-3-6-19(17,18)9-11)12(16)8-13-7-10-1-2-10/h10-11,13,15H,1-9H2. The average molecular weight is 290 g/mol. The molecule has 6 nitrogen and oxygen atoms in total. The summed E-state index contributed by atoms with van der Waals surface area (Å²) in [6, 6.07) is -0.271. The third-order valence-corrected chi connectivity index (χ3v) is 5.47. The molecule has 7 heteroatoms. The maximum atomic E-state index is 12.1. The Bertz CT molecular complexity index is 419. The minimum Gasteiger partial charge on any atom is -0.395 e. The number of nitrogens with zero attached hydrogens (tertiary/aromatic N) is 1. The maximum absolute atomic E-state index is 12.1. The molecule has 1 amide bonds. The normalized spacial score (nSPS) is 25.4. The Morgan fingerprint density at radius 1 is 1.32 bits per heavy atom. The van der Waals surface area contributed by atoms with E-state index in [1.54, 1.807) is 0 Å². The van der Waals surface area contributed by atoms with Crippen LogP contribution >= 0.6 is 0 Å². The van der Waals surface area contributed by atoms with Crippen LogP contribution in [0.15, 0.2) is 0 Å². The lowest BCUT2D eigenvalue weighted by molar-refractivity contribution is -0.132. The largest absolute Gasteiger partial charge is 0.395 e.